The van der Waals surface area contributed by atoms with Crippen LogP contribution < -0.4 is 21.7 Å². The Morgan fingerprint density at radius 2 is 1.41 bits per heavy atom. The highest BCUT2D eigenvalue weighted by molar-refractivity contribution is 5.94. The number of carboxylic acids is 2. The Morgan fingerprint density at radius 3 is 1.86 bits per heavy atom. The van der Waals surface area contributed by atoms with Crippen LogP contribution >= 0.6 is 0 Å². The topological polar surface area (TPSA) is 208 Å². The van der Waals surface area contributed by atoms with Crippen LogP contribution in [0.4, 0.5) is 0 Å². The zero-order chi connectivity index (χ0) is 22.7. The van der Waals surface area contributed by atoms with Gasteiger partial charge in [-0.15, -0.1) is 0 Å². The highest BCUT2D eigenvalue weighted by Gasteiger charge is 2.28. The molecule has 0 radical (unpaired) electrons. The number of rotatable bonds is 13. The van der Waals surface area contributed by atoms with E-state index in [1.165, 1.54) is 6.92 Å². The van der Waals surface area contributed by atoms with Gasteiger partial charge < -0.3 is 37.0 Å². The molecule has 3 amide bonds. The second-order valence-corrected chi connectivity index (χ2v) is 7.04. The van der Waals surface area contributed by atoms with E-state index in [2.05, 4.69) is 16.0 Å². The molecule has 0 aliphatic rings. The molecular weight excluding hydrogens is 388 g/mol. The third-order valence-corrected chi connectivity index (χ3v) is 3.90. The fraction of sp³-hybridized carbons (Fsp3) is 0.706. The van der Waals surface area contributed by atoms with Crippen molar-refractivity contribution in [3.8, 4) is 0 Å². The molecule has 166 valence electrons. The number of aliphatic carboxylic acids is 2. The number of hydrogen-bond acceptors (Lipinski definition) is 7. The molecule has 0 spiro atoms. The minimum atomic E-state index is -1.51. The molecule has 29 heavy (non-hydrogen) atoms. The molecule has 0 saturated heterocycles. The fourth-order valence-electron chi connectivity index (χ4n) is 2.25. The van der Waals surface area contributed by atoms with Gasteiger partial charge in [0.15, 0.2) is 0 Å². The molecule has 0 aliphatic carbocycles. The first-order valence-electron chi connectivity index (χ1n) is 9.11. The van der Waals surface area contributed by atoms with Gasteiger partial charge in [-0.25, -0.2) is 4.79 Å². The van der Waals surface area contributed by atoms with Crippen molar-refractivity contribution < 1.29 is 39.3 Å². The van der Waals surface area contributed by atoms with Gasteiger partial charge in [0.2, 0.25) is 17.7 Å². The van der Waals surface area contributed by atoms with Crippen molar-refractivity contribution in [2.45, 2.75) is 64.2 Å². The number of aliphatic hydroxyl groups excluding tert-OH is 1. The lowest BCUT2D eigenvalue weighted by Crippen LogP contribution is -2.56. The molecule has 4 atom stereocenters. The van der Waals surface area contributed by atoms with E-state index in [1.54, 1.807) is 0 Å². The van der Waals surface area contributed by atoms with Crippen LogP contribution in [0.2, 0.25) is 0 Å². The summed E-state index contributed by atoms with van der Waals surface area (Å²) < 4.78 is 0. The zero-order valence-corrected chi connectivity index (χ0v) is 16.7. The molecule has 0 aromatic heterocycles. The van der Waals surface area contributed by atoms with E-state index in [1.807, 2.05) is 13.8 Å². The Labute approximate surface area is 168 Å². The monoisotopic (exact) mass is 418 g/mol. The smallest absolute Gasteiger partial charge is 0.328 e. The lowest BCUT2D eigenvalue weighted by Gasteiger charge is -2.24. The first kappa shape index (κ1) is 26.3. The highest BCUT2D eigenvalue weighted by atomic mass is 16.4. The minimum absolute atomic E-state index is 0.00351. The molecular formula is C17H30N4O8. The average Bonchev–Trinajstić information content (AvgIpc) is 2.62. The van der Waals surface area contributed by atoms with Crippen LogP contribution in [0.3, 0.4) is 0 Å². The number of hydrogen-bond donors (Lipinski definition) is 7. The molecule has 4 unspecified atom stereocenters. The predicted octanol–water partition coefficient (Wildman–Crippen LogP) is -2.22. The summed E-state index contributed by atoms with van der Waals surface area (Å²) in [6.45, 7) is 4.12. The summed E-state index contributed by atoms with van der Waals surface area (Å²) in [5, 5.41) is 33.3. The second-order valence-electron chi connectivity index (χ2n) is 7.04. The highest BCUT2D eigenvalue weighted by Crippen LogP contribution is 2.07. The maximum atomic E-state index is 12.5. The Balaban J connectivity index is 4.97. The van der Waals surface area contributed by atoms with Gasteiger partial charge in [-0.1, -0.05) is 13.8 Å². The van der Waals surface area contributed by atoms with Crippen molar-refractivity contribution in [3.63, 3.8) is 0 Å². The molecule has 0 aliphatic heterocycles. The van der Waals surface area contributed by atoms with Crippen molar-refractivity contribution in [2.75, 3.05) is 6.61 Å². The Kier molecular flexibility index (Phi) is 11.5. The SMILES string of the molecule is CC(C)CC(NC(=O)C(N)CCC(=O)O)C(=O)NC(C)C(=O)NC(CO)C(=O)O. The Morgan fingerprint density at radius 1 is 0.862 bits per heavy atom. The zero-order valence-electron chi connectivity index (χ0n) is 16.7. The van der Waals surface area contributed by atoms with Crippen molar-refractivity contribution >= 4 is 29.7 Å². The lowest BCUT2D eigenvalue weighted by molar-refractivity contribution is -0.143. The number of carboxylic acid groups (broad SMARTS) is 2. The van der Waals surface area contributed by atoms with Gasteiger partial charge >= 0.3 is 11.9 Å². The predicted molar refractivity (Wildman–Crippen MR) is 100 cm³/mol. The van der Waals surface area contributed by atoms with E-state index >= 15 is 0 Å². The molecule has 0 aromatic carbocycles. The normalized spacial score (nSPS) is 15.0. The first-order valence-corrected chi connectivity index (χ1v) is 9.11. The van der Waals surface area contributed by atoms with E-state index in [9.17, 15) is 24.0 Å². The van der Waals surface area contributed by atoms with Crippen molar-refractivity contribution in [1.82, 2.24) is 16.0 Å². The molecule has 12 nitrogen and oxygen atoms in total. The van der Waals surface area contributed by atoms with E-state index in [4.69, 9.17) is 21.1 Å². The third-order valence-electron chi connectivity index (χ3n) is 3.90. The van der Waals surface area contributed by atoms with Crippen LogP contribution in [0.25, 0.3) is 0 Å². The summed E-state index contributed by atoms with van der Waals surface area (Å²) in [7, 11) is 0. The summed E-state index contributed by atoms with van der Waals surface area (Å²) in [6, 6.07) is -4.79. The van der Waals surface area contributed by atoms with Crippen molar-refractivity contribution in [1.29, 1.82) is 0 Å². The van der Waals surface area contributed by atoms with Crippen LogP contribution in [0.5, 0.6) is 0 Å². The van der Waals surface area contributed by atoms with Crippen molar-refractivity contribution in [3.05, 3.63) is 0 Å². The summed E-state index contributed by atoms with van der Waals surface area (Å²) in [5.74, 6) is -4.75. The minimum Gasteiger partial charge on any atom is -0.481 e. The summed E-state index contributed by atoms with van der Waals surface area (Å²) in [4.78, 5) is 58.1. The number of amides is 3. The van der Waals surface area contributed by atoms with E-state index in [0.29, 0.717) is 0 Å². The fourth-order valence-corrected chi connectivity index (χ4v) is 2.25. The van der Waals surface area contributed by atoms with Gasteiger partial charge in [-0.05, 0) is 25.7 Å². The van der Waals surface area contributed by atoms with Crippen LogP contribution in [0.1, 0.15) is 40.0 Å². The second kappa shape index (κ2) is 12.7. The third kappa shape index (κ3) is 10.4. The van der Waals surface area contributed by atoms with Crippen LogP contribution in [0, 0.1) is 5.92 Å². The number of carbonyl (C=O) groups is 5. The van der Waals surface area contributed by atoms with Gasteiger partial charge in [-0.3, -0.25) is 19.2 Å². The quantitative estimate of drug-likeness (QED) is 0.172. The molecule has 0 saturated carbocycles. The number of nitrogens with one attached hydrogen (secondary N) is 3. The maximum absolute atomic E-state index is 12.5. The van der Waals surface area contributed by atoms with Gasteiger partial charge in [0.25, 0.3) is 0 Å². The largest absolute Gasteiger partial charge is 0.481 e. The molecule has 8 N–H and O–H groups in total. The van der Waals surface area contributed by atoms with Gasteiger partial charge in [-0.2, -0.15) is 0 Å². The number of nitrogens with two attached hydrogens (primary N) is 1. The molecule has 12 heteroatoms. The van der Waals surface area contributed by atoms with E-state index in [-0.39, 0.29) is 25.2 Å². The van der Waals surface area contributed by atoms with Gasteiger partial charge in [0.1, 0.15) is 18.1 Å². The molecule has 0 heterocycles. The number of aliphatic hydroxyl groups is 1. The van der Waals surface area contributed by atoms with Crippen LogP contribution in [0.15, 0.2) is 0 Å². The average molecular weight is 418 g/mol. The first-order chi connectivity index (χ1) is 13.4. The molecule has 0 aromatic rings. The maximum Gasteiger partial charge on any atom is 0.328 e. The molecule has 0 rings (SSSR count). The Hall–Kier alpha value is -2.73. The van der Waals surface area contributed by atoms with Gasteiger partial charge in [0.05, 0.1) is 12.6 Å². The van der Waals surface area contributed by atoms with E-state index in [0.717, 1.165) is 0 Å². The van der Waals surface area contributed by atoms with Crippen LogP contribution in [-0.4, -0.2) is 75.8 Å². The summed E-state index contributed by atoms with van der Waals surface area (Å²) in [6.07, 6.45) is -0.178. The van der Waals surface area contributed by atoms with Crippen LogP contribution in [-0.2, 0) is 24.0 Å². The van der Waals surface area contributed by atoms with Crippen molar-refractivity contribution in [2.24, 2.45) is 11.7 Å². The standard InChI is InChI=1S/C17H30N4O8/c1-8(2)6-11(20-15(26)10(18)4-5-13(23)24)16(27)19-9(3)14(25)21-12(7-22)17(28)29/h8-12,22H,4-7,18H2,1-3H3,(H,19,27)(H,20,26)(H,21,25)(H,23,24)(H,28,29). The molecule has 0 bridgehead atoms. The summed E-state index contributed by atoms with van der Waals surface area (Å²) in [5.41, 5.74) is 5.64. The van der Waals surface area contributed by atoms with Gasteiger partial charge in [0, 0.05) is 6.42 Å². The summed E-state index contributed by atoms with van der Waals surface area (Å²) >= 11 is 0. The molecule has 0 fully saturated rings. The number of carbonyl (C=O) groups excluding carboxylic acids is 3. The Bertz CT molecular complexity index is 610. The van der Waals surface area contributed by atoms with E-state index < -0.39 is 60.4 Å². The lowest BCUT2D eigenvalue weighted by atomic mass is 10.0.